The van der Waals surface area contributed by atoms with Gasteiger partial charge in [-0.15, -0.1) is 0 Å². The van der Waals surface area contributed by atoms with Gasteiger partial charge >= 0.3 is 5.97 Å². The lowest BCUT2D eigenvalue weighted by Gasteiger charge is -2.00. The highest BCUT2D eigenvalue weighted by molar-refractivity contribution is 6.28. The number of hydrogen-bond donors (Lipinski definition) is 1. The first-order chi connectivity index (χ1) is 7.15. The van der Waals surface area contributed by atoms with Crippen LogP contribution in [0.3, 0.4) is 0 Å². The van der Waals surface area contributed by atoms with Crippen molar-refractivity contribution in [3.63, 3.8) is 0 Å². The molecular formula is C10H7ClN2O2. The number of carboxylic acids is 1. The van der Waals surface area contributed by atoms with E-state index in [1.165, 1.54) is 0 Å². The average molecular weight is 223 g/mol. The average Bonchev–Trinajstić information content (AvgIpc) is 2.16. The number of carboxylic acid groups (broad SMARTS) is 1. The van der Waals surface area contributed by atoms with Gasteiger partial charge in [0.05, 0.1) is 11.9 Å². The number of fused-ring (bicyclic) bond motifs is 1. The maximum atomic E-state index is 10.5. The number of nitrogens with zero attached hydrogens (tertiary/aromatic N) is 2. The molecule has 0 amide bonds. The summed E-state index contributed by atoms with van der Waals surface area (Å²) in [6.45, 7) is 0. The number of rotatable bonds is 2. The minimum Gasteiger partial charge on any atom is -0.481 e. The predicted molar refractivity (Wildman–Crippen MR) is 55.9 cm³/mol. The zero-order chi connectivity index (χ0) is 10.8. The Kier molecular flexibility index (Phi) is 2.51. The molecule has 0 fully saturated rings. The largest absolute Gasteiger partial charge is 0.481 e. The fourth-order valence-electron chi connectivity index (χ4n) is 1.33. The zero-order valence-electron chi connectivity index (χ0n) is 7.64. The van der Waals surface area contributed by atoms with E-state index in [0.717, 1.165) is 5.39 Å². The third kappa shape index (κ3) is 2.22. The highest BCUT2D eigenvalue weighted by atomic mass is 35.5. The van der Waals surface area contributed by atoms with Crippen LogP contribution in [-0.2, 0) is 11.2 Å². The second-order valence-corrected chi connectivity index (χ2v) is 3.44. The van der Waals surface area contributed by atoms with Crippen molar-refractivity contribution in [2.24, 2.45) is 0 Å². The van der Waals surface area contributed by atoms with Crippen LogP contribution in [0.4, 0.5) is 0 Å². The molecule has 4 nitrogen and oxygen atoms in total. The third-order valence-corrected chi connectivity index (χ3v) is 2.16. The fourth-order valence-corrected chi connectivity index (χ4v) is 1.47. The first-order valence-electron chi connectivity index (χ1n) is 4.28. The highest BCUT2D eigenvalue weighted by Crippen LogP contribution is 2.15. The number of hydrogen-bond acceptors (Lipinski definition) is 3. The van der Waals surface area contributed by atoms with Crippen molar-refractivity contribution >= 4 is 28.5 Å². The van der Waals surface area contributed by atoms with Crippen molar-refractivity contribution in [3.05, 3.63) is 35.2 Å². The van der Waals surface area contributed by atoms with Gasteiger partial charge in [-0.1, -0.05) is 12.1 Å². The van der Waals surface area contributed by atoms with Crippen LogP contribution in [0.2, 0.25) is 5.28 Å². The number of halogens is 1. The van der Waals surface area contributed by atoms with Crippen LogP contribution in [0, 0.1) is 0 Å². The zero-order valence-corrected chi connectivity index (χ0v) is 8.40. The van der Waals surface area contributed by atoms with Crippen LogP contribution in [0.1, 0.15) is 5.56 Å². The summed E-state index contributed by atoms with van der Waals surface area (Å²) in [5, 5.41) is 9.64. The summed E-state index contributed by atoms with van der Waals surface area (Å²) in [5.41, 5.74) is 1.36. The fraction of sp³-hybridized carbons (Fsp3) is 0.100. The molecule has 2 rings (SSSR count). The highest BCUT2D eigenvalue weighted by Gasteiger charge is 2.03. The van der Waals surface area contributed by atoms with E-state index in [9.17, 15) is 4.79 Å². The van der Waals surface area contributed by atoms with Gasteiger partial charge in [-0.05, 0) is 23.2 Å². The molecule has 0 saturated carbocycles. The molecule has 1 aromatic carbocycles. The second kappa shape index (κ2) is 3.82. The van der Waals surface area contributed by atoms with Crippen LogP contribution in [-0.4, -0.2) is 21.0 Å². The quantitative estimate of drug-likeness (QED) is 0.789. The Labute approximate surface area is 90.5 Å². The molecule has 0 aliphatic heterocycles. The SMILES string of the molecule is O=C(O)Cc1ccc2cnc(Cl)nc2c1. The van der Waals surface area contributed by atoms with Gasteiger partial charge in [0, 0.05) is 11.6 Å². The van der Waals surface area contributed by atoms with Crippen LogP contribution in [0.5, 0.6) is 0 Å². The summed E-state index contributed by atoms with van der Waals surface area (Å²) in [6.07, 6.45) is 1.59. The Morgan fingerprint density at radius 3 is 3.00 bits per heavy atom. The third-order valence-electron chi connectivity index (χ3n) is 1.97. The molecule has 0 aliphatic rings. The van der Waals surface area contributed by atoms with Gasteiger partial charge in [0.2, 0.25) is 5.28 Å². The second-order valence-electron chi connectivity index (χ2n) is 3.10. The molecule has 15 heavy (non-hydrogen) atoms. The maximum Gasteiger partial charge on any atom is 0.307 e. The van der Waals surface area contributed by atoms with Crippen molar-refractivity contribution < 1.29 is 9.90 Å². The first-order valence-corrected chi connectivity index (χ1v) is 4.66. The maximum absolute atomic E-state index is 10.5. The molecule has 1 heterocycles. The molecule has 2 aromatic rings. The number of benzene rings is 1. The Bertz CT molecular complexity index is 528. The smallest absolute Gasteiger partial charge is 0.307 e. The van der Waals surface area contributed by atoms with Gasteiger partial charge < -0.3 is 5.11 Å². The monoisotopic (exact) mass is 222 g/mol. The number of aliphatic carboxylic acids is 1. The Hall–Kier alpha value is -1.68. The minimum atomic E-state index is -0.866. The molecule has 0 aliphatic carbocycles. The van der Waals surface area contributed by atoms with E-state index in [1.54, 1.807) is 24.4 Å². The number of aromatic nitrogens is 2. The topological polar surface area (TPSA) is 63.1 Å². The van der Waals surface area contributed by atoms with E-state index in [0.29, 0.717) is 11.1 Å². The summed E-state index contributed by atoms with van der Waals surface area (Å²) < 4.78 is 0. The Morgan fingerprint density at radius 2 is 2.27 bits per heavy atom. The van der Waals surface area contributed by atoms with Crippen molar-refractivity contribution in [1.82, 2.24) is 9.97 Å². The van der Waals surface area contributed by atoms with Gasteiger partial charge in [0.15, 0.2) is 0 Å². The lowest BCUT2D eigenvalue weighted by molar-refractivity contribution is -0.136. The molecular weight excluding hydrogens is 216 g/mol. The van der Waals surface area contributed by atoms with E-state index < -0.39 is 5.97 Å². The minimum absolute atomic E-state index is 0.0163. The lowest BCUT2D eigenvalue weighted by atomic mass is 10.1. The van der Waals surface area contributed by atoms with Gasteiger partial charge in [0.1, 0.15) is 0 Å². The van der Waals surface area contributed by atoms with Gasteiger partial charge in [-0.3, -0.25) is 4.79 Å². The van der Waals surface area contributed by atoms with E-state index >= 15 is 0 Å². The molecule has 0 saturated heterocycles. The van der Waals surface area contributed by atoms with Crippen LogP contribution in [0.15, 0.2) is 24.4 Å². The molecule has 0 spiro atoms. The summed E-state index contributed by atoms with van der Waals surface area (Å²) >= 11 is 5.64. The molecule has 0 unspecified atom stereocenters. The summed E-state index contributed by atoms with van der Waals surface area (Å²) in [4.78, 5) is 18.4. The molecule has 0 radical (unpaired) electrons. The van der Waals surface area contributed by atoms with Crippen LogP contribution in [0.25, 0.3) is 10.9 Å². The van der Waals surface area contributed by atoms with Crippen molar-refractivity contribution in [2.75, 3.05) is 0 Å². The molecule has 1 aromatic heterocycles. The van der Waals surface area contributed by atoms with Gasteiger partial charge in [-0.25, -0.2) is 9.97 Å². The Balaban J connectivity index is 2.49. The molecule has 0 atom stereocenters. The van der Waals surface area contributed by atoms with E-state index in [2.05, 4.69) is 9.97 Å². The normalized spacial score (nSPS) is 10.5. The number of carbonyl (C=O) groups is 1. The van der Waals surface area contributed by atoms with Gasteiger partial charge in [-0.2, -0.15) is 0 Å². The van der Waals surface area contributed by atoms with E-state index in [1.807, 2.05) is 0 Å². The first kappa shape index (κ1) is 9.86. The summed E-state index contributed by atoms with van der Waals surface area (Å²) in [5.74, 6) is -0.866. The summed E-state index contributed by atoms with van der Waals surface area (Å²) in [6, 6.07) is 5.23. The standard InChI is InChI=1S/C10H7ClN2O2/c11-10-12-5-7-2-1-6(4-9(14)15)3-8(7)13-10/h1-3,5H,4H2,(H,14,15). The van der Waals surface area contributed by atoms with Crippen LogP contribution >= 0.6 is 11.6 Å². The van der Waals surface area contributed by atoms with Crippen molar-refractivity contribution in [3.8, 4) is 0 Å². The van der Waals surface area contributed by atoms with E-state index in [4.69, 9.17) is 16.7 Å². The van der Waals surface area contributed by atoms with Crippen molar-refractivity contribution in [1.29, 1.82) is 0 Å². The Morgan fingerprint density at radius 1 is 1.47 bits per heavy atom. The molecule has 5 heteroatoms. The van der Waals surface area contributed by atoms with Gasteiger partial charge in [0.25, 0.3) is 0 Å². The molecule has 0 bridgehead atoms. The van der Waals surface area contributed by atoms with Crippen molar-refractivity contribution in [2.45, 2.75) is 6.42 Å². The lowest BCUT2D eigenvalue weighted by Crippen LogP contribution is -1.99. The summed E-state index contributed by atoms with van der Waals surface area (Å²) in [7, 11) is 0. The molecule has 76 valence electrons. The van der Waals surface area contributed by atoms with Crippen LogP contribution < -0.4 is 0 Å². The molecule has 1 N–H and O–H groups in total. The van der Waals surface area contributed by atoms with E-state index in [-0.39, 0.29) is 11.7 Å². The predicted octanol–water partition coefficient (Wildman–Crippen LogP) is 1.91.